The average Bonchev–Trinajstić information content (AvgIpc) is 3.00. The van der Waals surface area contributed by atoms with Crippen LogP contribution in [-0.4, -0.2) is 29.7 Å². The predicted octanol–water partition coefficient (Wildman–Crippen LogP) is 3.41. The van der Waals surface area contributed by atoms with Crippen molar-refractivity contribution in [3.63, 3.8) is 0 Å². The Morgan fingerprint density at radius 1 is 1.50 bits per heavy atom. The summed E-state index contributed by atoms with van der Waals surface area (Å²) in [6, 6.07) is 1.63. The third kappa shape index (κ3) is 2.55. The number of carboxylic acids is 1. The maximum Gasteiger partial charge on any atom is 0.339 e. The summed E-state index contributed by atoms with van der Waals surface area (Å²) in [7, 11) is 1.95. The third-order valence-corrected chi connectivity index (χ3v) is 5.25. The van der Waals surface area contributed by atoms with E-state index in [-0.39, 0.29) is 5.56 Å². The normalized spacial score (nSPS) is 27.8. The lowest BCUT2D eigenvalue weighted by Gasteiger charge is -2.28. The molecule has 0 radical (unpaired) electrons. The van der Waals surface area contributed by atoms with Crippen LogP contribution in [0.15, 0.2) is 16.7 Å². The molecule has 2 fully saturated rings. The molecule has 1 heterocycles. The monoisotopic (exact) mass is 338 g/mol. The van der Waals surface area contributed by atoms with E-state index in [2.05, 4.69) is 20.9 Å². The molecule has 0 spiro atoms. The molecular formula is C15H19BrN2O2. The van der Waals surface area contributed by atoms with Gasteiger partial charge in [-0.25, -0.2) is 9.78 Å². The van der Waals surface area contributed by atoms with Crippen LogP contribution in [0.4, 0.5) is 5.82 Å². The van der Waals surface area contributed by atoms with Crippen molar-refractivity contribution >= 4 is 27.7 Å². The number of carboxylic acid groups (broad SMARTS) is 1. The SMILES string of the molecule is CN(CC1CC2CCC1C2)c1ncc(Br)cc1C(=O)O. The van der Waals surface area contributed by atoms with E-state index in [0.29, 0.717) is 16.2 Å². The summed E-state index contributed by atoms with van der Waals surface area (Å²) < 4.78 is 0.701. The molecule has 20 heavy (non-hydrogen) atoms. The molecule has 108 valence electrons. The minimum absolute atomic E-state index is 0.269. The molecule has 0 amide bonds. The molecule has 0 saturated heterocycles. The first-order valence-corrected chi connectivity index (χ1v) is 7.94. The van der Waals surface area contributed by atoms with E-state index in [1.54, 1.807) is 12.3 Å². The zero-order valence-corrected chi connectivity index (χ0v) is 13.1. The lowest BCUT2D eigenvalue weighted by molar-refractivity contribution is 0.0697. The van der Waals surface area contributed by atoms with Gasteiger partial charge in [0.15, 0.2) is 0 Å². The number of nitrogens with zero attached hydrogens (tertiary/aromatic N) is 2. The first kappa shape index (κ1) is 13.9. The fourth-order valence-electron chi connectivity index (χ4n) is 3.93. The Labute approximate surface area is 127 Å². The molecule has 3 rings (SSSR count). The second-order valence-corrected chi connectivity index (χ2v) is 7.06. The first-order chi connectivity index (χ1) is 9.54. The van der Waals surface area contributed by atoms with Crippen molar-refractivity contribution in [2.45, 2.75) is 25.7 Å². The van der Waals surface area contributed by atoms with E-state index in [9.17, 15) is 9.90 Å². The highest BCUT2D eigenvalue weighted by Crippen LogP contribution is 2.48. The predicted molar refractivity (Wildman–Crippen MR) is 81.1 cm³/mol. The van der Waals surface area contributed by atoms with Gasteiger partial charge in [-0.05, 0) is 59.0 Å². The van der Waals surface area contributed by atoms with Crippen molar-refractivity contribution < 1.29 is 9.90 Å². The molecule has 1 N–H and O–H groups in total. The van der Waals surface area contributed by atoms with Crippen LogP contribution in [0.3, 0.4) is 0 Å². The van der Waals surface area contributed by atoms with Crippen LogP contribution in [0.25, 0.3) is 0 Å². The van der Waals surface area contributed by atoms with Gasteiger partial charge in [-0.3, -0.25) is 0 Å². The Hall–Kier alpha value is -1.10. The average molecular weight is 339 g/mol. The maximum absolute atomic E-state index is 11.4. The number of carbonyl (C=O) groups is 1. The molecule has 2 saturated carbocycles. The van der Waals surface area contributed by atoms with E-state index < -0.39 is 5.97 Å². The van der Waals surface area contributed by atoms with Crippen molar-refractivity contribution in [1.29, 1.82) is 0 Å². The molecule has 5 heteroatoms. The van der Waals surface area contributed by atoms with Crippen molar-refractivity contribution in [1.82, 2.24) is 4.98 Å². The number of anilines is 1. The topological polar surface area (TPSA) is 53.4 Å². The van der Waals surface area contributed by atoms with Gasteiger partial charge in [-0.15, -0.1) is 0 Å². The van der Waals surface area contributed by atoms with Crippen molar-refractivity contribution in [3.8, 4) is 0 Å². The van der Waals surface area contributed by atoms with Crippen molar-refractivity contribution in [3.05, 3.63) is 22.3 Å². The van der Waals surface area contributed by atoms with Crippen LogP contribution in [0.2, 0.25) is 0 Å². The van der Waals surface area contributed by atoms with Gasteiger partial charge in [0.05, 0.1) is 0 Å². The number of hydrogen-bond acceptors (Lipinski definition) is 3. The van der Waals surface area contributed by atoms with E-state index >= 15 is 0 Å². The van der Waals surface area contributed by atoms with Gasteiger partial charge in [0.2, 0.25) is 0 Å². The molecule has 3 unspecified atom stereocenters. The highest BCUT2D eigenvalue weighted by atomic mass is 79.9. The quantitative estimate of drug-likeness (QED) is 0.913. The van der Waals surface area contributed by atoms with Crippen LogP contribution < -0.4 is 4.90 Å². The number of pyridine rings is 1. The largest absolute Gasteiger partial charge is 0.478 e. The van der Waals surface area contributed by atoms with Crippen LogP contribution in [0, 0.1) is 17.8 Å². The van der Waals surface area contributed by atoms with Gasteiger partial charge >= 0.3 is 5.97 Å². The molecule has 2 bridgehead atoms. The minimum atomic E-state index is -0.923. The zero-order valence-electron chi connectivity index (χ0n) is 11.6. The molecule has 2 aliphatic carbocycles. The highest BCUT2D eigenvalue weighted by Gasteiger charge is 2.39. The summed E-state index contributed by atoms with van der Waals surface area (Å²) in [5, 5.41) is 9.32. The van der Waals surface area contributed by atoms with Gasteiger partial charge < -0.3 is 10.0 Å². The molecular weight excluding hydrogens is 320 g/mol. The van der Waals surface area contributed by atoms with E-state index in [4.69, 9.17) is 0 Å². The van der Waals surface area contributed by atoms with Crippen molar-refractivity contribution in [2.24, 2.45) is 17.8 Å². The molecule has 2 aliphatic rings. The maximum atomic E-state index is 11.4. The molecule has 0 aliphatic heterocycles. The van der Waals surface area contributed by atoms with E-state index in [1.807, 2.05) is 11.9 Å². The van der Waals surface area contributed by atoms with Gasteiger partial charge in [0.1, 0.15) is 11.4 Å². The molecule has 0 aromatic carbocycles. The molecule has 3 atom stereocenters. The Morgan fingerprint density at radius 2 is 2.30 bits per heavy atom. The van der Waals surface area contributed by atoms with Crippen LogP contribution in [0.1, 0.15) is 36.0 Å². The van der Waals surface area contributed by atoms with Gasteiger partial charge in [0.25, 0.3) is 0 Å². The Bertz CT molecular complexity index is 535. The smallest absolute Gasteiger partial charge is 0.339 e. The standard InChI is InChI=1S/C15H19BrN2O2/c1-18(8-11-5-9-2-3-10(11)4-9)14-13(15(19)20)6-12(16)7-17-14/h6-7,9-11H,2-5,8H2,1H3,(H,19,20). The van der Waals surface area contributed by atoms with E-state index in [0.717, 1.165) is 18.4 Å². The Balaban J connectivity index is 1.77. The lowest BCUT2D eigenvalue weighted by atomic mass is 9.88. The fourth-order valence-corrected chi connectivity index (χ4v) is 4.26. The number of hydrogen-bond donors (Lipinski definition) is 1. The summed E-state index contributed by atoms with van der Waals surface area (Å²) in [4.78, 5) is 17.7. The Morgan fingerprint density at radius 3 is 2.90 bits per heavy atom. The van der Waals surface area contributed by atoms with Gasteiger partial charge in [-0.1, -0.05) is 6.42 Å². The number of aromatic carboxylic acids is 1. The second kappa shape index (κ2) is 5.35. The van der Waals surface area contributed by atoms with Crippen LogP contribution >= 0.6 is 15.9 Å². The zero-order chi connectivity index (χ0) is 14.3. The summed E-state index contributed by atoms with van der Waals surface area (Å²) >= 11 is 3.28. The third-order valence-electron chi connectivity index (χ3n) is 4.82. The van der Waals surface area contributed by atoms with Crippen molar-refractivity contribution in [2.75, 3.05) is 18.5 Å². The summed E-state index contributed by atoms with van der Waals surface area (Å²) in [6.07, 6.45) is 7.08. The molecule has 1 aromatic rings. The van der Waals surface area contributed by atoms with Crippen LogP contribution in [-0.2, 0) is 0 Å². The number of fused-ring (bicyclic) bond motifs is 2. The van der Waals surface area contributed by atoms with Gasteiger partial charge in [-0.2, -0.15) is 0 Å². The number of aromatic nitrogens is 1. The molecule has 1 aromatic heterocycles. The summed E-state index contributed by atoms with van der Waals surface area (Å²) in [5.41, 5.74) is 0.269. The van der Waals surface area contributed by atoms with Gasteiger partial charge in [0, 0.05) is 24.3 Å². The highest BCUT2D eigenvalue weighted by molar-refractivity contribution is 9.10. The summed E-state index contributed by atoms with van der Waals surface area (Å²) in [5.74, 6) is 2.10. The first-order valence-electron chi connectivity index (χ1n) is 7.14. The lowest BCUT2D eigenvalue weighted by Crippen LogP contribution is -2.30. The second-order valence-electron chi connectivity index (χ2n) is 6.15. The summed E-state index contributed by atoms with van der Waals surface area (Å²) in [6.45, 7) is 0.913. The van der Waals surface area contributed by atoms with E-state index in [1.165, 1.54) is 25.7 Å². The van der Waals surface area contributed by atoms with Crippen LogP contribution in [0.5, 0.6) is 0 Å². The fraction of sp³-hybridized carbons (Fsp3) is 0.600. The molecule has 4 nitrogen and oxygen atoms in total. The minimum Gasteiger partial charge on any atom is -0.478 e. The number of rotatable bonds is 4. The number of halogens is 1. The Kier molecular flexibility index (Phi) is 3.71.